The molecule has 0 spiro atoms. The van der Waals surface area contributed by atoms with Gasteiger partial charge in [0.15, 0.2) is 0 Å². The minimum Gasteiger partial charge on any atom is -0.385 e. The van der Waals surface area contributed by atoms with Gasteiger partial charge in [-0.3, -0.25) is 0 Å². The quantitative estimate of drug-likeness (QED) is 0.576. The first-order valence-electron chi connectivity index (χ1n) is 6.71. The van der Waals surface area contributed by atoms with Gasteiger partial charge in [-0.2, -0.15) is 0 Å². The summed E-state index contributed by atoms with van der Waals surface area (Å²) in [5, 5.41) is 3.60. The van der Waals surface area contributed by atoms with Crippen molar-refractivity contribution in [3.8, 4) is 0 Å². The van der Waals surface area contributed by atoms with E-state index in [9.17, 15) is 0 Å². The molecule has 0 atom stereocenters. The molecular weight excluding hydrogens is 242 g/mol. The first-order chi connectivity index (χ1) is 8.83. The Morgan fingerprint density at radius 3 is 2.89 bits per heavy atom. The van der Waals surface area contributed by atoms with Crippen LogP contribution in [0.5, 0.6) is 0 Å². The molecule has 0 radical (unpaired) electrons. The molecule has 0 aromatic heterocycles. The lowest BCUT2D eigenvalue weighted by molar-refractivity contribution is 0.195. The summed E-state index contributed by atoms with van der Waals surface area (Å²) < 4.78 is 5.11. The van der Waals surface area contributed by atoms with Crippen molar-refractivity contribution in [2.45, 2.75) is 43.2 Å². The van der Waals surface area contributed by atoms with Gasteiger partial charge in [-0.15, -0.1) is 11.8 Å². The predicted octanol–water partition coefficient (Wildman–Crippen LogP) is 3.24. The third-order valence-electron chi connectivity index (χ3n) is 3.32. The summed E-state index contributed by atoms with van der Waals surface area (Å²) in [6.07, 6.45) is 7.06. The third kappa shape index (κ3) is 4.30. The molecule has 0 bridgehead atoms. The second-order valence-electron chi connectivity index (χ2n) is 4.90. The largest absolute Gasteiger partial charge is 0.385 e. The molecule has 100 valence electrons. The van der Waals surface area contributed by atoms with Gasteiger partial charge in [0.25, 0.3) is 0 Å². The summed E-state index contributed by atoms with van der Waals surface area (Å²) >= 11 is 1.84. The molecule has 1 N–H and O–H groups in total. The molecule has 0 amide bonds. The maximum atomic E-state index is 5.11. The molecule has 1 aromatic rings. The van der Waals surface area contributed by atoms with Gasteiger partial charge in [0.2, 0.25) is 0 Å². The number of benzene rings is 1. The lowest BCUT2D eigenvalue weighted by Crippen LogP contribution is -2.16. The van der Waals surface area contributed by atoms with E-state index in [0.29, 0.717) is 0 Å². The van der Waals surface area contributed by atoms with E-state index in [1.165, 1.54) is 28.9 Å². The Hall–Kier alpha value is -0.510. The van der Waals surface area contributed by atoms with Crippen LogP contribution in [-0.4, -0.2) is 26.0 Å². The molecule has 1 fully saturated rings. The minimum absolute atomic E-state index is 0.775. The van der Waals surface area contributed by atoms with Crippen molar-refractivity contribution in [3.05, 3.63) is 29.3 Å². The smallest absolute Gasteiger partial charge is 0.0465 e. The summed E-state index contributed by atoms with van der Waals surface area (Å²) in [5.41, 5.74) is 2.88. The van der Waals surface area contributed by atoms with Gasteiger partial charge in [0.05, 0.1) is 0 Å². The first-order valence-corrected chi connectivity index (χ1v) is 7.94. The van der Waals surface area contributed by atoms with Crippen LogP contribution >= 0.6 is 11.8 Å². The Morgan fingerprint density at radius 2 is 2.22 bits per heavy atom. The number of methoxy groups -OCH3 is 1. The Labute approximate surface area is 114 Å². The number of hydrogen-bond donors (Lipinski definition) is 1. The zero-order valence-corrected chi connectivity index (χ0v) is 12.2. The molecule has 1 aliphatic carbocycles. The Balaban J connectivity index is 1.95. The molecule has 1 aliphatic rings. The van der Waals surface area contributed by atoms with E-state index in [1.54, 1.807) is 7.11 Å². The van der Waals surface area contributed by atoms with Crippen molar-refractivity contribution in [2.75, 3.05) is 20.0 Å². The molecule has 0 unspecified atom stereocenters. The van der Waals surface area contributed by atoms with Crippen LogP contribution in [0, 0.1) is 0 Å². The Kier molecular flexibility index (Phi) is 5.54. The third-order valence-corrected chi connectivity index (χ3v) is 4.16. The van der Waals surface area contributed by atoms with Gasteiger partial charge >= 0.3 is 0 Å². The molecule has 1 aromatic carbocycles. The first kappa shape index (κ1) is 13.9. The van der Waals surface area contributed by atoms with E-state index in [2.05, 4.69) is 29.8 Å². The number of aryl methyl sites for hydroxylation is 1. The summed E-state index contributed by atoms with van der Waals surface area (Å²) in [4.78, 5) is 1.40. The average Bonchev–Trinajstić information content (AvgIpc) is 3.21. The minimum atomic E-state index is 0.775. The SMILES string of the molecule is COCCCc1ccc(SC)c(CNC2CC2)c1. The van der Waals surface area contributed by atoms with Crippen LogP contribution in [0.3, 0.4) is 0 Å². The molecular formula is C15H23NOS. The topological polar surface area (TPSA) is 21.3 Å². The monoisotopic (exact) mass is 265 g/mol. The zero-order chi connectivity index (χ0) is 12.8. The fourth-order valence-corrected chi connectivity index (χ4v) is 2.69. The lowest BCUT2D eigenvalue weighted by Gasteiger charge is -2.11. The Bertz CT molecular complexity index is 377. The lowest BCUT2D eigenvalue weighted by atomic mass is 10.1. The summed E-state index contributed by atoms with van der Waals surface area (Å²) in [6, 6.07) is 7.65. The molecule has 1 saturated carbocycles. The summed E-state index contributed by atoms with van der Waals surface area (Å²) in [6.45, 7) is 1.86. The van der Waals surface area contributed by atoms with Crippen molar-refractivity contribution < 1.29 is 4.74 Å². The van der Waals surface area contributed by atoms with Crippen molar-refractivity contribution in [1.29, 1.82) is 0 Å². The van der Waals surface area contributed by atoms with Gasteiger partial charge in [-0.05, 0) is 49.1 Å². The van der Waals surface area contributed by atoms with Gasteiger partial charge < -0.3 is 10.1 Å². The highest BCUT2D eigenvalue weighted by atomic mass is 32.2. The second-order valence-corrected chi connectivity index (χ2v) is 5.75. The summed E-state index contributed by atoms with van der Waals surface area (Å²) in [5.74, 6) is 0. The number of thioether (sulfide) groups is 1. The van der Waals surface area contributed by atoms with Crippen LogP contribution < -0.4 is 5.32 Å². The van der Waals surface area contributed by atoms with Crippen molar-refractivity contribution in [1.82, 2.24) is 5.32 Å². The van der Waals surface area contributed by atoms with Crippen LogP contribution in [0.2, 0.25) is 0 Å². The fraction of sp³-hybridized carbons (Fsp3) is 0.600. The van der Waals surface area contributed by atoms with E-state index in [0.717, 1.165) is 32.0 Å². The molecule has 3 heteroatoms. The number of nitrogens with one attached hydrogen (secondary N) is 1. The normalized spacial score (nSPS) is 15.0. The van der Waals surface area contributed by atoms with E-state index >= 15 is 0 Å². The molecule has 2 rings (SSSR count). The van der Waals surface area contributed by atoms with Gasteiger partial charge in [0, 0.05) is 31.2 Å². The molecule has 2 nitrogen and oxygen atoms in total. The van der Waals surface area contributed by atoms with Gasteiger partial charge in [0.1, 0.15) is 0 Å². The van der Waals surface area contributed by atoms with Crippen LogP contribution in [0.1, 0.15) is 30.4 Å². The van der Waals surface area contributed by atoms with Crippen LogP contribution in [-0.2, 0) is 17.7 Å². The van der Waals surface area contributed by atoms with Crippen LogP contribution in [0.25, 0.3) is 0 Å². The zero-order valence-electron chi connectivity index (χ0n) is 11.4. The van der Waals surface area contributed by atoms with Crippen LogP contribution in [0.4, 0.5) is 0 Å². The summed E-state index contributed by atoms with van der Waals surface area (Å²) in [7, 11) is 1.77. The average molecular weight is 265 g/mol. The molecule has 0 heterocycles. The van der Waals surface area contributed by atoms with Gasteiger partial charge in [-0.1, -0.05) is 12.1 Å². The number of hydrogen-bond acceptors (Lipinski definition) is 3. The van der Waals surface area contributed by atoms with E-state index < -0.39 is 0 Å². The highest BCUT2D eigenvalue weighted by Crippen LogP contribution is 2.24. The van der Waals surface area contributed by atoms with Crippen LogP contribution in [0.15, 0.2) is 23.1 Å². The fourth-order valence-electron chi connectivity index (χ4n) is 2.09. The predicted molar refractivity (Wildman–Crippen MR) is 78.3 cm³/mol. The van der Waals surface area contributed by atoms with E-state index in [1.807, 2.05) is 11.8 Å². The van der Waals surface area contributed by atoms with E-state index in [-0.39, 0.29) is 0 Å². The second kappa shape index (κ2) is 7.17. The van der Waals surface area contributed by atoms with E-state index in [4.69, 9.17) is 4.74 Å². The molecule has 0 saturated heterocycles. The molecule has 0 aliphatic heterocycles. The highest BCUT2D eigenvalue weighted by molar-refractivity contribution is 7.98. The Morgan fingerprint density at radius 1 is 1.39 bits per heavy atom. The van der Waals surface area contributed by atoms with Gasteiger partial charge in [-0.25, -0.2) is 0 Å². The van der Waals surface area contributed by atoms with Crippen molar-refractivity contribution in [3.63, 3.8) is 0 Å². The molecule has 18 heavy (non-hydrogen) atoms. The van der Waals surface area contributed by atoms with Crippen molar-refractivity contribution >= 4 is 11.8 Å². The number of ether oxygens (including phenoxy) is 1. The standard InChI is InChI=1S/C15H23NOS/c1-17-9-3-4-12-5-8-15(18-2)13(10-12)11-16-14-6-7-14/h5,8,10,14,16H,3-4,6-7,9,11H2,1-2H3. The maximum Gasteiger partial charge on any atom is 0.0465 e. The highest BCUT2D eigenvalue weighted by Gasteiger charge is 2.20. The number of rotatable bonds is 8. The maximum absolute atomic E-state index is 5.11. The van der Waals surface area contributed by atoms with Crippen molar-refractivity contribution in [2.24, 2.45) is 0 Å².